The summed E-state index contributed by atoms with van der Waals surface area (Å²) < 4.78 is 1.51. The fraction of sp³-hybridized carbons (Fsp3) is 0.520. The third-order valence-electron chi connectivity index (χ3n) is 8.07. The van der Waals surface area contributed by atoms with E-state index in [0.29, 0.717) is 36.8 Å². The molecule has 3 atom stereocenters. The van der Waals surface area contributed by atoms with Gasteiger partial charge in [0.05, 0.1) is 11.9 Å². The molecule has 1 aromatic heterocycles. The second-order valence-corrected chi connectivity index (χ2v) is 10.1. The van der Waals surface area contributed by atoms with Crippen LogP contribution in [0.4, 0.5) is 0 Å². The number of rotatable bonds is 4. The van der Waals surface area contributed by atoms with Crippen molar-refractivity contribution in [1.29, 1.82) is 0 Å². The highest BCUT2D eigenvalue weighted by molar-refractivity contribution is 6.05. The average molecular weight is 492 g/mol. The van der Waals surface area contributed by atoms with Crippen molar-refractivity contribution in [2.75, 3.05) is 19.6 Å². The Morgan fingerprint density at radius 3 is 2.67 bits per heavy atom. The maximum atomic E-state index is 13.2. The normalized spacial score (nSPS) is 26.6. The van der Waals surface area contributed by atoms with E-state index in [4.69, 9.17) is 0 Å². The van der Waals surface area contributed by atoms with E-state index >= 15 is 0 Å². The van der Waals surface area contributed by atoms with Crippen molar-refractivity contribution in [2.24, 2.45) is 0 Å². The van der Waals surface area contributed by atoms with Gasteiger partial charge in [-0.2, -0.15) is 0 Å². The third kappa shape index (κ3) is 3.78. The topological polar surface area (TPSA) is 121 Å². The van der Waals surface area contributed by atoms with Gasteiger partial charge in [-0.15, -0.1) is 5.10 Å². The van der Waals surface area contributed by atoms with Crippen LogP contribution in [0, 0.1) is 0 Å². The largest absolute Gasteiger partial charge is 0.333 e. The van der Waals surface area contributed by atoms with Crippen LogP contribution < -0.4 is 5.32 Å². The molecule has 3 saturated heterocycles. The first-order valence-electron chi connectivity index (χ1n) is 12.7. The Balaban J connectivity index is 1.17. The smallest absolute Gasteiger partial charge is 0.276 e. The molecule has 3 unspecified atom stereocenters. The maximum Gasteiger partial charge on any atom is 0.276 e. The van der Waals surface area contributed by atoms with Gasteiger partial charge < -0.3 is 9.80 Å². The Hall–Kier alpha value is -3.60. The fourth-order valence-electron chi connectivity index (χ4n) is 6.09. The molecule has 4 aliphatic rings. The van der Waals surface area contributed by atoms with E-state index in [-0.39, 0.29) is 35.9 Å². The Morgan fingerprint density at radius 2 is 1.89 bits per heavy atom. The van der Waals surface area contributed by atoms with Gasteiger partial charge in [0.2, 0.25) is 11.8 Å². The molecule has 36 heavy (non-hydrogen) atoms. The van der Waals surface area contributed by atoms with Crippen molar-refractivity contribution in [3.05, 3.63) is 41.2 Å². The van der Waals surface area contributed by atoms with Crippen molar-refractivity contribution >= 4 is 23.6 Å². The number of piperidine rings is 1. The summed E-state index contributed by atoms with van der Waals surface area (Å²) >= 11 is 0. The van der Waals surface area contributed by atoms with Crippen LogP contribution in [0.3, 0.4) is 0 Å². The first-order chi connectivity index (χ1) is 17.4. The van der Waals surface area contributed by atoms with Crippen LogP contribution in [-0.4, -0.2) is 91.1 Å². The minimum atomic E-state index is -0.659. The molecule has 1 N–H and O–H groups in total. The van der Waals surface area contributed by atoms with Gasteiger partial charge in [-0.25, -0.2) is 4.68 Å². The number of imide groups is 1. The zero-order chi connectivity index (χ0) is 25.0. The van der Waals surface area contributed by atoms with Gasteiger partial charge in [0.15, 0.2) is 5.69 Å². The summed E-state index contributed by atoms with van der Waals surface area (Å²) in [5.41, 5.74) is 2.19. The summed E-state index contributed by atoms with van der Waals surface area (Å²) in [5.74, 6) is -1.13. The lowest BCUT2D eigenvalue weighted by Crippen LogP contribution is -2.52. The number of benzene rings is 1. The zero-order valence-electron chi connectivity index (χ0n) is 20.2. The number of nitrogens with zero attached hydrogens (tertiary/aromatic N) is 6. The van der Waals surface area contributed by atoms with Crippen molar-refractivity contribution in [3.8, 4) is 5.69 Å². The predicted molar refractivity (Wildman–Crippen MR) is 127 cm³/mol. The predicted octanol–water partition coefficient (Wildman–Crippen LogP) is 0.727. The SMILES string of the molecule is CC1C(N2CCCC2)CCN1C(=O)c1cn(-c2ccc3c(c2)C(=O)N(C2CCC(=O)NC2=O)C3)nn1. The number of carbonyl (C=O) groups is 4. The Kier molecular flexibility index (Phi) is 5.59. The molecule has 3 fully saturated rings. The van der Waals surface area contributed by atoms with Crippen molar-refractivity contribution in [1.82, 2.24) is 35.0 Å². The van der Waals surface area contributed by atoms with E-state index in [1.165, 1.54) is 22.4 Å². The summed E-state index contributed by atoms with van der Waals surface area (Å²) in [4.78, 5) is 56.0. The molecule has 0 bridgehead atoms. The molecule has 6 rings (SSSR count). The van der Waals surface area contributed by atoms with Gasteiger partial charge >= 0.3 is 0 Å². The van der Waals surface area contributed by atoms with E-state index in [1.807, 2.05) is 17.0 Å². The number of hydrogen-bond donors (Lipinski definition) is 1. The number of amides is 4. The molecule has 0 radical (unpaired) electrons. The molecule has 5 heterocycles. The van der Waals surface area contributed by atoms with Gasteiger partial charge in [-0.1, -0.05) is 11.3 Å². The Bertz CT molecular complexity index is 1250. The molecular formula is C25H29N7O4. The van der Waals surface area contributed by atoms with Gasteiger partial charge in [-0.05, 0) is 63.4 Å². The van der Waals surface area contributed by atoms with Crippen LogP contribution in [0.5, 0.6) is 0 Å². The fourth-order valence-corrected chi connectivity index (χ4v) is 6.09. The second kappa shape index (κ2) is 8.81. The minimum absolute atomic E-state index is 0.122. The molecule has 11 nitrogen and oxygen atoms in total. The van der Waals surface area contributed by atoms with Crippen molar-refractivity contribution < 1.29 is 19.2 Å². The van der Waals surface area contributed by atoms with Gasteiger partial charge in [0.25, 0.3) is 11.8 Å². The molecule has 4 amide bonds. The molecule has 0 spiro atoms. The molecule has 4 aliphatic heterocycles. The lowest BCUT2D eigenvalue weighted by atomic mass is 10.0. The third-order valence-corrected chi connectivity index (χ3v) is 8.07. The monoisotopic (exact) mass is 491 g/mol. The standard InChI is InChI=1S/C25H29N7O4/c1-15-20(29-9-2-3-10-29)8-11-30(15)25(36)19-14-32(28-27-19)17-5-4-16-13-31(24(35)18(16)12-17)21-6-7-22(33)26-23(21)34/h4-5,12,14-15,20-21H,2-3,6-11,13H2,1H3,(H,26,33,34). The van der Waals surface area contributed by atoms with Gasteiger partial charge in [0.1, 0.15) is 6.04 Å². The first kappa shape index (κ1) is 22.8. The lowest BCUT2D eigenvalue weighted by molar-refractivity contribution is -0.136. The quantitative estimate of drug-likeness (QED) is 0.626. The zero-order valence-corrected chi connectivity index (χ0v) is 20.2. The summed E-state index contributed by atoms with van der Waals surface area (Å²) in [7, 11) is 0. The second-order valence-electron chi connectivity index (χ2n) is 10.1. The van der Waals surface area contributed by atoms with Crippen LogP contribution in [0.25, 0.3) is 5.69 Å². The van der Waals surface area contributed by atoms with E-state index in [0.717, 1.165) is 25.1 Å². The molecule has 2 aromatic rings. The van der Waals surface area contributed by atoms with Crippen LogP contribution in [0.15, 0.2) is 24.4 Å². The number of fused-ring (bicyclic) bond motifs is 1. The van der Waals surface area contributed by atoms with Crippen molar-refractivity contribution in [3.63, 3.8) is 0 Å². The van der Waals surface area contributed by atoms with Gasteiger partial charge in [0, 0.05) is 37.2 Å². The molecule has 0 aliphatic carbocycles. The summed E-state index contributed by atoms with van der Waals surface area (Å²) in [5, 5.41) is 10.6. The van der Waals surface area contributed by atoms with E-state index in [1.54, 1.807) is 12.3 Å². The Morgan fingerprint density at radius 1 is 1.08 bits per heavy atom. The molecule has 1 aromatic carbocycles. The van der Waals surface area contributed by atoms with E-state index in [2.05, 4.69) is 27.5 Å². The van der Waals surface area contributed by atoms with Gasteiger partial charge in [-0.3, -0.25) is 29.4 Å². The van der Waals surface area contributed by atoms with Crippen LogP contribution in [0.1, 0.15) is 65.4 Å². The highest BCUT2D eigenvalue weighted by atomic mass is 16.2. The highest BCUT2D eigenvalue weighted by Crippen LogP contribution is 2.30. The Labute approximate surface area is 208 Å². The minimum Gasteiger partial charge on any atom is -0.333 e. The highest BCUT2D eigenvalue weighted by Gasteiger charge is 2.40. The van der Waals surface area contributed by atoms with E-state index in [9.17, 15) is 19.2 Å². The number of likely N-dealkylation sites (tertiary alicyclic amines) is 2. The molecular weight excluding hydrogens is 462 g/mol. The molecule has 188 valence electrons. The van der Waals surface area contributed by atoms with Crippen molar-refractivity contribution in [2.45, 2.75) is 63.7 Å². The average Bonchev–Trinajstić information content (AvgIpc) is 3.66. The summed E-state index contributed by atoms with van der Waals surface area (Å²) in [6.07, 6.45) is 5.56. The maximum absolute atomic E-state index is 13.2. The summed E-state index contributed by atoms with van der Waals surface area (Å²) in [6, 6.07) is 5.23. The number of hydrogen-bond acceptors (Lipinski definition) is 7. The molecule has 11 heteroatoms. The lowest BCUT2D eigenvalue weighted by Gasteiger charge is -2.30. The molecule has 0 saturated carbocycles. The number of nitrogens with one attached hydrogen (secondary N) is 1. The summed E-state index contributed by atoms with van der Waals surface area (Å²) in [6.45, 7) is 5.33. The number of aromatic nitrogens is 3. The first-order valence-corrected chi connectivity index (χ1v) is 12.7. The van der Waals surface area contributed by atoms with Crippen LogP contribution >= 0.6 is 0 Å². The van der Waals surface area contributed by atoms with Crippen LogP contribution in [-0.2, 0) is 16.1 Å². The number of carbonyl (C=O) groups excluding carboxylic acids is 4. The van der Waals surface area contributed by atoms with Crippen LogP contribution in [0.2, 0.25) is 0 Å². The van der Waals surface area contributed by atoms with E-state index < -0.39 is 11.9 Å².